The molecule has 2 fully saturated rings. The van der Waals surface area contributed by atoms with Crippen molar-refractivity contribution in [3.63, 3.8) is 0 Å². The topological polar surface area (TPSA) is 219 Å². The van der Waals surface area contributed by atoms with Gasteiger partial charge in [-0.3, -0.25) is 0 Å². The number of fused-ring (bicyclic) bond motifs is 2. The molecule has 14 nitrogen and oxygen atoms in total. The van der Waals surface area contributed by atoms with Gasteiger partial charge in [0.1, 0.15) is 70.9 Å². The molecule has 0 radical (unpaired) electrons. The van der Waals surface area contributed by atoms with E-state index >= 15 is 0 Å². The van der Waals surface area contributed by atoms with Crippen molar-refractivity contribution in [1.82, 2.24) is 0 Å². The molecule has 2 aromatic carbocycles. The summed E-state index contributed by atoms with van der Waals surface area (Å²) in [6, 6.07) is 5.33. The average Bonchev–Trinajstić information content (AvgIpc) is 3.09. The molecule has 0 aliphatic carbocycles. The molecule has 4 heterocycles. The van der Waals surface area contributed by atoms with Gasteiger partial charge in [-0.05, 0) is 24.3 Å². The molecule has 2 aliphatic rings. The van der Waals surface area contributed by atoms with Gasteiger partial charge in [-0.15, -0.1) is 0 Å². The lowest BCUT2D eigenvalue weighted by Crippen LogP contribution is -2.61. The van der Waals surface area contributed by atoms with E-state index in [1.54, 1.807) is 0 Å². The largest absolute Gasteiger partial charge is 0.422 e. The van der Waals surface area contributed by atoms with Gasteiger partial charge in [-0.2, -0.15) is 0 Å². The number of benzene rings is 2. The van der Waals surface area contributed by atoms with Gasteiger partial charge in [0.05, 0.1) is 37.6 Å². The van der Waals surface area contributed by atoms with Gasteiger partial charge >= 0.3 is 11.3 Å². The fraction of sp³-hybridized carbons (Fsp3) is 0.438. The number of thioether (sulfide) groups is 1. The molecule has 2 aliphatic heterocycles. The molecule has 4 unspecified atom stereocenters. The van der Waals surface area contributed by atoms with Crippen molar-refractivity contribution < 1.29 is 76.0 Å². The highest BCUT2D eigenvalue weighted by Gasteiger charge is 2.51. The number of aliphatic hydroxyl groups is 6. The SMILES string of the molecule is O=c1oc2cc(F)c(F)cc2cc1COC1[C@@H](O)C(CO)O[C@@H](S[C@@H]2OC(CO)[C@H](O)[C@H](OCc3cc4cc(F)c(F)cc4oc3=O)C2O)[C@@H]1O. The second-order valence-electron chi connectivity index (χ2n) is 11.8. The van der Waals surface area contributed by atoms with E-state index in [0.717, 1.165) is 12.1 Å². The highest BCUT2D eigenvalue weighted by molar-refractivity contribution is 8.00. The molecule has 4 aromatic rings. The summed E-state index contributed by atoms with van der Waals surface area (Å²) in [6.07, 6.45) is -12.7. The van der Waals surface area contributed by atoms with Crippen LogP contribution in [0, 0.1) is 23.3 Å². The molecule has 51 heavy (non-hydrogen) atoms. The second-order valence-corrected chi connectivity index (χ2v) is 13.0. The molecule has 0 spiro atoms. The standard InChI is InChI=1S/C32H30F4O14S/c33-15-3-11-1-13(29(43)47-19(11)5-17(15)35)9-45-27-23(39)21(7-37)49-31(25(27)41)51-32-26(42)28(24(40)22(8-38)50-32)46-10-14-2-12-4-16(34)18(36)6-20(12)48-30(14)44/h1-6,21-28,31-32,37-42H,7-10H2/t21?,22?,23-,24-,25+,26?,27?,28-,31-,32-/m0/s1. The van der Waals surface area contributed by atoms with Crippen LogP contribution in [0.4, 0.5) is 17.6 Å². The highest BCUT2D eigenvalue weighted by Crippen LogP contribution is 2.38. The third-order valence-electron chi connectivity index (χ3n) is 8.47. The molecule has 0 bridgehead atoms. The van der Waals surface area contributed by atoms with Crippen LogP contribution in [-0.4, -0.2) is 104 Å². The van der Waals surface area contributed by atoms with Gasteiger partial charge in [0, 0.05) is 22.9 Å². The Morgan fingerprint density at radius 2 is 0.961 bits per heavy atom. The third-order valence-corrected chi connectivity index (χ3v) is 9.79. The maximum atomic E-state index is 13.8. The van der Waals surface area contributed by atoms with E-state index in [1.165, 1.54) is 12.1 Å². The summed E-state index contributed by atoms with van der Waals surface area (Å²) in [6.45, 7) is -2.77. The molecule has 276 valence electrons. The Hall–Kier alpha value is -3.47. The van der Waals surface area contributed by atoms with Gasteiger partial charge in [-0.25, -0.2) is 27.2 Å². The number of rotatable bonds is 10. The van der Waals surface area contributed by atoms with Crippen molar-refractivity contribution in [3.8, 4) is 0 Å². The fourth-order valence-corrected chi connectivity index (χ4v) is 7.05. The summed E-state index contributed by atoms with van der Waals surface area (Å²) < 4.78 is 87.4. The number of hydrogen-bond acceptors (Lipinski definition) is 15. The van der Waals surface area contributed by atoms with Crippen LogP contribution >= 0.6 is 11.8 Å². The Morgan fingerprint density at radius 3 is 1.33 bits per heavy atom. The molecule has 0 saturated carbocycles. The van der Waals surface area contributed by atoms with Crippen molar-refractivity contribution >= 4 is 33.7 Å². The Balaban J connectivity index is 1.18. The highest BCUT2D eigenvalue weighted by atomic mass is 32.2. The van der Waals surface area contributed by atoms with Gasteiger partial charge in [-0.1, -0.05) is 11.8 Å². The molecule has 6 N–H and O–H groups in total. The van der Waals surface area contributed by atoms with E-state index in [4.69, 9.17) is 27.8 Å². The number of aliphatic hydroxyl groups excluding tert-OH is 6. The lowest BCUT2D eigenvalue weighted by molar-refractivity contribution is -0.231. The van der Waals surface area contributed by atoms with Gasteiger partial charge in [0.2, 0.25) is 0 Å². The quantitative estimate of drug-likeness (QED) is 0.0964. The van der Waals surface area contributed by atoms with Crippen LogP contribution in [0.2, 0.25) is 0 Å². The first-order chi connectivity index (χ1) is 24.3. The summed E-state index contributed by atoms with van der Waals surface area (Å²) in [5.74, 6) is -4.87. The lowest BCUT2D eigenvalue weighted by Gasteiger charge is -2.46. The van der Waals surface area contributed by atoms with Crippen molar-refractivity contribution in [3.05, 3.63) is 91.6 Å². The molecule has 2 saturated heterocycles. The normalized spacial score (nSPS) is 29.9. The van der Waals surface area contributed by atoms with E-state index < -0.39 is 121 Å². The maximum absolute atomic E-state index is 13.8. The zero-order valence-corrected chi connectivity index (χ0v) is 26.8. The van der Waals surface area contributed by atoms with Crippen LogP contribution in [0.25, 0.3) is 21.9 Å². The first-order valence-corrected chi connectivity index (χ1v) is 16.2. The zero-order valence-electron chi connectivity index (χ0n) is 25.9. The van der Waals surface area contributed by atoms with Crippen LogP contribution in [0.1, 0.15) is 11.1 Å². The predicted molar refractivity (Wildman–Crippen MR) is 165 cm³/mol. The molecule has 10 atom stereocenters. The molecule has 6 rings (SSSR count). The Labute approximate surface area is 287 Å². The summed E-state index contributed by atoms with van der Waals surface area (Å²) in [5, 5.41) is 63.8. The first-order valence-electron chi connectivity index (χ1n) is 15.3. The molecule has 0 amide bonds. The molecular weight excluding hydrogens is 716 g/mol. The van der Waals surface area contributed by atoms with E-state index in [0.29, 0.717) is 23.9 Å². The van der Waals surface area contributed by atoms with Crippen LogP contribution in [-0.2, 0) is 32.2 Å². The summed E-state index contributed by atoms with van der Waals surface area (Å²) in [4.78, 5) is 25.0. The van der Waals surface area contributed by atoms with Crippen molar-refractivity contribution in [2.24, 2.45) is 0 Å². The number of halogens is 4. The summed E-state index contributed by atoms with van der Waals surface area (Å²) >= 11 is 0.603. The minimum absolute atomic E-state index is 0.0217. The zero-order chi connectivity index (χ0) is 36.7. The van der Waals surface area contributed by atoms with Crippen molar-refractivity contribution in [2.75, 3.05) is 13.2 Å². The van der Waals surface area contributed by atoms with Crippen LogP contribution in [0.3, 0.4) is 0 Å². The van der Waals surface area contributed by atoms with Crippen molar-refractivity contribution in [1.29, 1.82) is 0 Å². The Morgan fingerprint density at radius 1 is 0.588 bits per heavy atom. The van der Waals surface area contributed by atoms with Gasteiger partial charge in [0.15, 0.2) is 23.3 Å². The molecular formula is C32H30F4O14S. The number of hydrogen-bond donors (Lipinski definition) is 6. The number of ether oxygens (including phenoxy) is 4. The maximum Gasteiger partial charge on any atom is 0.341 e. The minimum Gasteiger partial charge on any atom is -0.422 e. The van der Waals surface area contributed by atoms with Crippen LogP contribution in [0.15, 0.2) is 54.8 Å². The van der Waals surface area contributed by atoms with Crippen LogP contribution < -0.4 is 11.3 Å². The van der Waals surface area contributed by atoms with Gasteiger partial charge in [0.25, 0.3) is 0 Å². The Bertz CT molecular complexity index is 1870. The van der Waals surface area contributed by atoms with E-state index in [9.17, 15) is 57.8 Å². The minimum atomic E-state index is -1.74. The van der Waals surface area contributed by atoms with E-state index in [-0.39, 0.29) is 33.1 Å². The first kappa shape index (κ1) is 37.3. The third kappa shape index (κ3) is 7.55. The molecule has 19 heteroatoms. The van der Waals surface area contributed by atoms with E-state index in [2.05, 4.69) is 0 Å². The van der Waals surface area contributed by atoms with Crippen LogP contribution in [0.5, 0.6) is 0 Å². The smallest absolute Gasteiger partial charge is 0.341 e. The monoisotopic (exact) mass is 746 g/mol. The van der Waals surface area contributed by atoms with Crippen molar-refractivity contribution in [2.45, 2.75) is 72.9 Å². The summed E-state index contributed by atoms with van der Waals surface area (Å²) in [5.41, 5.74) is -5.67. The Kier molecular flexibility index (Phi) is 11.2. The second kappa shape index (κ2) is 15.2. The lowest BCUT2D eigenvalue weighted by atomic mass is 9.99. The molecule has 2 aromatic heterocycles. The summed E-state index contributed by atoms with van der Waals surface area (Å²) in [7, 11) is 0. The fourth-order valence-electron chi connectivity index (χ4n) is 5.74. The predicted octanol–water partition coefficient (Wildman–Crippen LogP) is 0.538. The average molecular weight is 747 g/mol. The van der Waals surface area contributed by atoms with E-state index in [1.807, 2.05) is 0 Å². The van der Waals surface area contributed by atoms with Gasteiger partial charge < -0.3 is 58.4 Å².